The van der Waals surface area contributed by atoms with E-state index >= 15 is 0 Å². The van der Waals surface area contributed by atoms with Crippen molar-refractivity contribution < 1.29 is 26.9 Å². The maximum Gasteiger partial charge on any atom is 0.416 e. The number of hydrogen-bond acceptors (Lipinski definition) is 7. The van der Waals surface area contributed by atoms with Gasteiger partial charge in [-0.15, -0.1) is 0 Å². The lowest BCUT2D eigenvalue weighted by atomic mass is 10.1. The predicted molar refractivity (Wildman–Crippen MR) is 119 cm³/mol. The molecule has 0 atom stereocenters. The molecule has 0 radical (unpaired) electrons. The van der Waals surface area contributed by atoms with E-state index in [1.165, 1.54) is 12.1 Å². The average Bonchev–Trinajstić information content (AvgIpc) is 2.85. The van der Waals surface area contributed by atoms with Gasteiger partial charge in [-0.3, -0.25) is 19.8 Å². The van der Waals surface area contributed by atoms with Crippen LogP contribution >= 0.6 is 0 Å². The molecule has 12 heteroatoms. The SMILES string of the molecule is O=c1c(CN2CCc3nc(-c4ccc(C(F)(F)F)cc4)ncc3C2)coc2c([N+](=O)[O-])cc(F)cc12. The first kappa shape index (κ1) is 23.5. The highest BCUT2D eigenvalue weighted by molar-refractivity contribution is 5.85. The lowest BCUT2D eigenvalue weighted by Gasteiger charge is -2.27. The first-order valence-electron chi connectivity index (χ1n) is 10.7. The summed E-state index contributed by atoms with van der Waals surface area (Å²) in [6.07, 6.45) is -1.17. The van der Waals surface area contributed by atoms with Gasteiger partial charge < -0.3 is 4.42 Å². The summed E-state index contributed by atoms with van der Waals surface area (Å²) in [5.74, 6) is -0.596. The first-order valence-corrected chi connectivity index (χ1v) is 10.7. The number of nitro groups is 1. The number of nitro benzene ring substituents is 1. The van der Waals surface area contributed by atoms with E-state index in [-0.39, 0.29) is 23.1 Å². The Balaban J connectivity index is 1.36. The molecule has 0 fully saturated rings. The van der Waals surface area contributed by atoms with Gasteiger partial charge >= 0.3 is 11.9 Å². The highest BCUT2D eigenvalue weighted by Crippen LogP contribution is 2.31. The Hall–Kier alpha value is -4.19. The van der Waals surface area contributed by atoms with E-state index in [4.69, 9.17) is 4.42 Å². The molecule has 0 saturated carbocycles. The van der Waals surface area contributed by atoms with Crippen LogP contribution in [0, 0.1) is 15.9 Å². The normalized spacial score (nSPS) is 14.1. The third kappa shape index (κ3) is 4.42. The van der Waals surface area contributed by atoms with Crippen molar-refractivity contribution in [2.45, 2.75) is 25.7 Å². The zero-order valence-electron chi connectivity index (χ0n) is 18.4. The number of aromatic nitrogens is 2. The van der Waals surface area contributed by atoms with Crippen LogP contribution in [0.2, 0.25) is 0 Å². The van der Waals surface area contributed by atoms with Crippen LogP contribution in [-0.4, -0.2) is 26.3 Å². The fraction of sp³-hybridized carbons (Fsp3) is 0.208. The van der Waals surface area contributed by atoms with Crippen molar-refractivity contribution in [2.24, 2.45) is 0 Å². The summed E-state index contributed by atoms with van der Waals surface area (Å²) in [6, 6.07) is 6.23. The van der Waals surface area contributed by atoms with Crippen molar-refractivity contribution in [3.8, 4) is 11.4 Å². The van der Waals surface area contributed by atoms with Gasteiger partial charge in [0.15, 0.2) is 11.3 Å². The quantitative estimate of drug-likeness (QED) is 0.224. The van der Waals surface area contributed by atoms with Crippen molar-refractivity contribution in [2.75, 3.05) is 6.54 Å². The Kier molecular flexibility index (Phi) is 5.75. The van der Waals surface area contributed by atoms with Gasteiger partial charge in [0.1, 0.15) is 5.82 Å². The van der Waals surface area contributed by atoms with Gasteiger partial charge in [-0.1, -0.05) is 12.1 Å². The van der Waals surface area contributed by atoms with Crippen molar-refractivity contribution in [3.63, 3.8) is 0 Å². The second-order valence-electron chi connectivity index (χ2n) is 8.35. The van der Waals surface area contributed by atoms with E-state index in [1.807, 2.05) is 4.90 Å². The van der Waals surface area contributed by atoms with Crippen LogP contribution in [0.25, 0.3) is 22.4 Å². The van der Waals surface area contributed by atoms with Crippen LogP contribution in [0.5, 0.6) is 0 Å². The molecule has 0 amide bonds. The van der Waals surface area contributed by atoms with Gasteiger partial charge in [0.05, 0.1) is 33.9 Å². The number of alkyl halides is 3. The molecule has 36 heavy (non-hydrogen) atoms. The van der Waals surface area contributed by atoms with Gasteiger partial charge in [0.2, 0.25) is 5.58 Å². The van der Waals surface area contributed by atoms with E-state index in [2.05, 4.69) is 9.97 Å². The molecule has 0 unspecified atom stereocenters. The van der Waals surface area contributed by atoms with Crippen LogP contribution in [0.4, 0.5) is 23.2 Å². The Labute approximate surface area is 200 Å². The fourth-order valence-electron chi connectivity index (χ4n) is 4.17. The average molecular weight is 500 g/mol. The zero-order valence-corrected chi connectivity index (χ0v) is 18.4. The maximum absolute atomic E-state index is 13.9. The minimum Gasteiger partial charge on any atom is -0.456 e. The predicted octanol–water partition coefficient (Wildman–Crippen LogP) is 4.87. The number of benzene rings is 2. The minimum atomic E-state index is -4.43. The lowest BCUT2D eigenvalue weighted by Crippen LogP contribution is -2.32. The second-order valence-corrected chi connectivity index (χ2v) is 8.35. The lowest BCUT2D eigenvalue weighted by molar-refractivity contribution is -0.383. The summed E-state index contributed by atoms with van der Waals surface area (Å²) >= 11 is 0. The summed E-state index contributed by atoms with van der Waals surface area (Å²) in [7, 11) is 0. The summed E-state index contributed by atoms with van der Waals surface area (Å²) in [6.45, 7) is 1.06. The summed E-state index contributed by atoms with van der Waals surface area (Å²) in [4.78, 5) is 34.0. The molecule has 0 N–H and O–H groups in total. The smallest absolute Gasteiger partial charge is 0.416 e. The number of non-ortho nitro benzene ring substituents is 1. The van der Waals surface area contributed by atoms with E-state index < -0.39 is 33.6 Å². The molecule has 5 rings (SSSR count). The van der Waals surface area contributed by atoms with Crippen LogP contribution in [0.1, 0.15) is 22.4 Å². The molecular weight excluding hydrogens is 484 g/mol. The molecule has 184 valence electrons. The third-order valence-corrected chi connectivity index (χ3v) is 5.96. The first-order chi connectivity index (χ1) is 17.1. The summed E-state index contributed by atoms with van der Waals surface area (Å²) in [5, 5.41) is 11.0. The Bertz CT molecular complexity index is 1550. The number of nitrogens with zero attached hydrogens (tertiary/aromatic N) is 4. The van der Waals surface area contributed by atoms with E-state index in [1.54, 1.807) is 6.20 Å². The zero-order chi connectivity index (χ0) is 25.6. The van der Waals surface area contributed by atoms with Gasteiger partial charge in [-0.2, -0.15) is 13.2 Å². The van der Waals surface area contributed by atoms with Gasteiger partial charge in [-0.25, -0.2) is 14.4 Å². The number of rotatable bonds is 4. The van der Waals surface area contributed by atoms with Crippen LogP contribution in [0.3, 0.4) is 0 Å². The van der Waals surface area contributed by atoms with Crippen molar-refractivity contribution in [1.82, 2.24) is 14.9 Å². The molecular formula is C24H16F4N4O4. The molecule has 0 aliphatic carbocycles. The molecule has 2 aromatic carbocycles. The molecule has 0 spiro atoms. The number of fused-ring (bicyclic) bond motifs is 2. The van der Waals surface area contributed by atoms with E-state index in [0.29, 0.717) is 37.0 Å². The van der Waals surface area contributed by atoms with Crippen LogP contribution < -0.4 is 5.43 Å². The highest BCUT2D eigenvalue weighted by Gasteiger charge is 2.30. The van der Waals surface area contributed by atoms with Crippen molar-refractivity contribution in [1.29, 1.82) is 0 Å². The van der Waals surface area contributed by atoms with Gasteiger partial charge in [-0.05, 0) is 18.2 Å². The molecule has 1 aliphatic rings. The topological polar surface area (TPSA) is 102 Å². The van der Waals surface area contributed by atoms with E-state index in [0.717, 1.165) is 35.7 Å². The molecule has 8 nitrogen and oxygen atoms in total. The standard InChI is InChI=1S/C24H16F4N4O4/c25-17-7-18-21(33)15(12-36-22(18)20(8-17)32(34)35)11-31-6-5-19-14(10-31)9-29-23(30-19)13-1-3-16(4-2-13)24(26,27)28/h1-4,7-9,12H,5-6,10-11H2. The molecule has 4 aromatic rings. The largest absolute Gasteiger partial charge is 0.456 e. The summed E-state index contributed by atoms with van der Waals surface area (Å²) in [5.41, 5.74) is -0.00146. The number of halogens is 4. The Morgan fingerprint density at radius 1 is 1.17 bits per heavy atom. The monoisotopic (exact) mass is 500 g/mol. The molecule has 3 heterocycles. The fourth-order valence-corrected chi connectivity index (χ4v) is 4.17. The van der Waals surface area contributed by atoms with Crippen LogP contribution in [0.15, 0.2) is 58.1 Å². The van der Waals surface area contributed by atoms with Gasteiger partial charge in [0.25, 0.3) is 0 Å². The molecule has 0 saturated heterocycles. The molecule has 0 bridgehead atoms. The highest BCUT2D eigenvalue weighted by atomic mass is 19.4. The Morgan fingerprint density at radius 3 is 2.61 bits per heavy atom. The maximum atomic E-state index is 13.9. The van der Waals surface area contributed by atoms with Gasteiger partial charge in [0, 0.05) is 48.9 Å². The third-order valence-electron chi connectivity index (χ3n) is 5.96. The number of hydrogen-bond donors (Lipinski definition) is 0. The molecule has 2 aromatic heterocycles. The van der Waals surface area contributed by atoms with Crippen molar-refractivity contribution >= 4 is 16.7 Å². The Morgan fingerprint density at radius 2 is 1.92 bits per heavy atom. The minimum absolute atomic E-state index is 0.155. The molecule has 1 aliphatic heterocycles. The summed E-state index contributed by atoms with van der Waals surface area (Å²) < 4.78 is 57.6. The van der Waals surface area contributed by atoms with Crippen LogP contribution in [-0.2, 0) is 25.7 Å². The van der Waals surface area contributed by atoms with Crippen molar-refractivity contribution in [3.05, 3.63) is 97.4 Å². The second kappa shape index (κ2) is 8.79. The van der Waals surface area contributed by atoms with E-state index in [9.17, 15) is 32.5 Å².